The molecule has 4 heteroatoms. The van der Waals surface area contributed by atoms with Gasteiger partial charge in [0.1, 0.15) is 5.82 Å². The maximum atomic E-state index is 14.6. The highest BCUT2D eigenvalue weighted by atomic mass is 19.1. The molecule has 0 unspecified atom stereocenters. The van der Waals surface area contributed by atoms with Crippen molar-refractivity contribution in [2.45, 2.75) is 0 Å². The Hall–Kier alpha value is -6.05. The largest absolute Gasteiger partial charge is 0.308 e. The molecule has 1 aromatic heterocycles. The van der Waals surface area contributed by atoms with Crippen LogP contribution < -0.4 is 4.90 Å². The third-order valence-electron chi connectivity index (χ3n) is 7.77. The van der Waals surface area contributed by atoms with Crippen molar-refractivity contribution in [1.29, 1.82) is 5.26 Å². The fraction of sp³-hybridized carbons (Fsp3) is 0. The summed E-state index contributed by atoms with van der Waals surface area (Å²) >= 11 is 0. The van der Waals surface area contributed by atoms with Crippen molar-refractivity contribution >= 4 is 28.0 Å². The zero-order valence-corrected chi connectivity index (χ0v) is 23.7. The van der Waals surface area contributed by atoms with Crippen LogP contribution in [-0.2, 0) is 0 Å². The van der Waals surface area contributed by atoms with E-state index in [0.717, 1.165) is 55.9 Å². The van der Waals surface area contributed by atoms with Crippen LogP contribution in [0.5, 0.6) is 0 Å². The Kier molecular flexibility index (Phi) is 7.12. The minimum absolute atomic E-state index is 0.396. The Morgan fingerprint density at radius 1 is 0.545 bits per heavy atom. The summed E-state index contributed by atoms with van der Waals surface area (Å²) in [4.78, 5) is 7.45. The van der Waals surface area contributed by atoms with E-state index >= 15 is 0 Å². The SMILES string of the molecule is N#Cc1ccc(F)cc1-c1ccccc1N(c1ccccc1)c1cccc2c(-c3ccccc3)cc(-c3ccccc3)nc12. The van der Waals surface area contributed by atoms with Gasteiger partial charge >= 0.3 is 0 Å². The fourth-order valence-corrected chi connectivity index (χ4v) is 5.75. The molecule has 0 radical (unpaired) electrons. The highest BCUT2D eigenvalue weighted by molar-refractivity contribution is 6.05. The lowest BCUT2D eigenvalue weighted by molar-refractivity contribution is 0.628. The highest BCUT2D eigenvalue weighted by Gasteiger charge is 2.22. The molecule has 0 fully saturated rings. The average molecular weight is 568 g/mol. The number of anilines is 3. The lowest BCUT2D eigenvalue weighted by atomic mass is 9.96. The Labute approximate surface area is 255 Å². The second-order valence-corrected chi connectivity index (χ2v) is 10.5. The van der Waals surface area contributed by atoms with E-state index in [0.29, 0.717) is 11.1 Å². The Balaban J connectivity index is 1.56. The molecule has 0 bridgehead atoms. The van der Waals surface area contributed by atoms with Crippen molar-refractivity contribution in [2.75, 3.05) is 4.90 Å². The summed E-state index contributed by atoms with van der Waals surface area (Å²) in [5.74, 6) is -0.396. The Bertz CT molecular complexity index is 2140. The minimum atomic E-state index is -0.396. The predicted molar refractivity (Wildman–Crippen MR) is 177 cm³/mol. The first-order chi connectivity index (χ1) is 21.7. The van der Waals surface area contributed by atoms with Gasteiger partial charge in [-0.2, -0.15) is 5.26 Å². The van der Waals surface area contributed by atoms with Gasteiger partial charge in [-0.3, -0.25) is 0 Å². The van der Waals surface area contributed by atoms with Gasteiger partial charge in [0.15, 0.2) is 0 Å². The van der Waals surface area contributed by atoms with Gasteiger partial charge in [-0.05, 0) is 59.7 Å². The van der Waals surface area contributed by atoms with Crippen molar-refractivity contribution in [3.8, 4) is 39.6 Å². The molecule has 1 heterocycles. The molecular formula is C40H26FN3. The number of para-hydroxylation sites is 3. The fourth-order valence-electron chi connectivity index (χ4n) is 5.75. The third kappa shape index (κ3) is 4.98. The summed E-state index contributed by atoms with van der Waals surface area (Å²) in [5, 5.41) is 11.0. The van der Waals surface area contributed by atoms with Gasteiger partial charge in [-0.1, -0.05) is 109 Å². The number of benzene rings is 6. The molecule has 0 amide bonds. The van der Waals surface area contributed by atoms with E-state index < -0.39 is 5.82 Å². The Morgan fingerprint density at radius 3 is 1.91 bits per heavy atom. The van der Waals surface area contributed by atoms with E-state index in [2.05, 4.69) is 59.5 Å². The van der Waals surface area contributed by atoms with Gasteiger partial charge in [0, 0.05) is 27.8 Å². The monoisotopic (exact) mass is 567 g/mol. The number of rotatable bonds is 6. The molecule has 0 saturated heterocycles. The normalized spacial score (nSPS) is 10.8. The Morgan fingerprint density at radius 2 is 1.18 bits per heavy atom. The summed E-state index contributed by atoms with van der Waals surface area (Å²) in [6.45, 7) is 0. The number of halogens is 1. The van der Waals surface area contributed by atoms with Crippen molar-refractivity contribution in [1.82, 2.24) is 4.98 Å². The molecule has 0 N–H and O–H groups in total. The lowest BCUT2D eigenvalue weighted by Crippen LogP contribution is -2.12. The predicted octanol–water partition coefficient (Wildman–Crippen LogP) is 10.7. The maximum absolute atomic E-state index is 14.6. The number of hydrogen-bond donors (Lipinski definition) is 0. The molecule has 44 heavy (non-hydrogen) atoms. The number of fused-ring (bicyclic) bond motifs is 1. The molecule has 0 aliphatic rings. The van der Waals surface area contributed by atoms with Gasteiger partial charge in [0.2, 0.25) is 0 Å². The smallest absolute Gasteiger partial charge is 0.123 e. The average Bonchev–Trinajstić information content (AvgIpc) is 3.09. The number of pyridine rings is 1. The van der Waals surface area contributed by atoms with E-state index in [1.165, 1.54) is 18.2 Å². The van der Waals surface area contributed by atoms with Crippen molar-refractivity contribution in [3.63, 3.8) is 0 Å². The molecule has 0 aliphatic carbocycles. The topological polar surface area (TPSA) is 39.9 Å². The molecule has 0 spiro atoms. The van der Waals surface area contributed by atoms with Crippen LogP contribution in [0, 0.1) is 17.1 Å². The molecule has 0 saturated carbocycles. The molecule has 0 atom stereocenters. The first kappa shape index (κ1) is 26.8. The van der Waals surface area contributed by atoms with E-state index in [1.807, 2.05) is 91.0 Å². The molecule has 3 nitrogen and oxygen atoms in total. The van der Waals surface area contributed by atoms with E-state index in [4.69, 9.17) is 4.98 Å². The van der Waals surface area contributed by atoms with Crippen LogP contribution >= 0.6 is 0 Å². The van der Waals surface area contributed by atoms with Crippen LogP contribution in [0.4, 0.5) is 21.5 Å². The van der Waals surface area contributed by atoms with Gasteiger partial charge in [-0.15, -0.1) is 0 Å². The van der Waals surface area contributed by atoms with Gasteiger partial charge in [-0.25, -0.2) is 9.37 Å². The molecule has 208 valence electrons. The maximum Gasteiger partial charge on any atom is 0.123 e. The molecular weight excluding hydrogens is 541 g/mol. The molecule has 0 aliphatic heterocycles. The number of aromatic nitrogens is 1. The zero-order chi connectivity index (χ0) is 29.9. The number of hydrogen-bond acceptors (Lipinski definition) is 3. The molecule has 7 aromatic rings. The molecule has 6 aromatic carbocycles. The van der Waals surface area contributed by atoms with Gasteiger partial charge in [0.05, 0.1) is 34.2 Å². The summed E-state index contributed by atoms with van der Waals surface area (Å²) in [6, 6.07) is 53.4. The van der Waals surface area contributed by atoms with Crippen LogP contribution in [0.25, 0.3) is 44.4 Å². The number of nitriles is 1. The number of nitrogens with zero attached hydrogens (tertiary/aromatic N) is 3. The van der Waals surface area contributed by atoms with Crippen LogP contribution in [0.3, 0.4) is 0 Å². The van der Waals surface area contributed by atoms with Crippen LogP contribution in [0.2, 0.25) is 0 Å². The summed E-state index contributed by atoms with van der Waals surface area (Å²) < 4.78 is 14.6. The van der Waals surface area contributed by atoms with Crippen molar-refractivity contribution < 1.29 is 4.39 Å². The second kappa shape index (κ2) is 11.7. The van der Waals surface area contributed by atoms with E-state index in [1.54, 1.807) is 0 Å². The standard InChI is InChI=1S/C40H26FN3/c41-31-24-23-30(27-42)35(25-31)33-19-10-11-21-38(33)44(32-17-8-3-9-18-32)39-22-12-20-34-36(28-13-4-1-5-14-28)26-37(43-40(34)39)29-15-6-2-7-16-29/h1-26H. The van der Waals surface area contributed by atoms with Crippen LogP contribution in [-0.4, -0.2) is 4.98 Å². The van der Waals surface area contributed by atoms with Gasteiger partial charge in [0.25, 0.3) is 0 Å². The summed E-state index contributed by atoms with van der Waals surface area (Å²) in [7, 11) is 0. The zero-order valence-electron chi connectivity index (χ0n) is 23.7. The summed E-state index contributed by atoms with van der Waals surface area (Å²) in [6.07, 6.45) is 0. The molecule has 7 rings (SSSR count). The van der Waals surface area contributed by atoms with E-state index in [-0.39, 0.29) is 0 Å². The highest BCUT2D eigenvalue weighted by Crippen LogP contribution is 2.45. The summed E-state index contributed by atoms with van der Waals surface area (Å²) in [5.41, 5.74) is 9.15. The van der Waals surface area contributed by atoms with Crippen molar-refractivity contribution in [2.24, 2.45) is 0 Å². The first-order valence-corrected chi connectivity index (χ1v) is 14.4. The lowest BCUT2D eigenvalue weighted by Gasteiger charge is -2.29. The first-order valence-electron chi connectivity index (χ1n) is 14.4. The second-order valence-electron chi connectivity index (χ2n) is 10.5. The van der Waals surface area contributed by atoms with Crippen LogP contribution in [0.1, 0.15) is 5.56 Å². The quantitative estimate of drug-likeness (QED) is 0.201. The van der Waals surface area contributed by atoms with Gasteiger partial charge < -0.3 is 4.90 Å². The minimum Gasteiger partial charge on any atom is -0.308 e. The van der Waals surface area contributed by atoms with E-state index in [9.17, 15) is 9.65 Å². The van der Waals surface area contributed by atoms with Crippen LogP contribution in [0.15, 0.2) is 158 Å². The third-order valence-corrected chi connectivity index (χ3v) is 7.77. The van der Waals surface area contributed by atoms with Crippen molar-refractivity contribution in [3.05, 3.63) is 169 Å².